The minimum Gasteiger partial charge on any atom is -0.206 e. The molecule has 11 heavy (non-hydrogen) atoms. The molecule has 1 aliphatic carbocycles. The predicted octanol–water partition coefficient (Wildman–Crippen LogP) is 3.55. The third kappa shape index (κ3) is 1.86. The summed E-state index contributed by atoms with van der Waals surface area (Å²) in [4.78, 5) is 0. The molecule has 0 aromatic heterocycles. The van der Waals surface area contributed by atoms with E-state index in [1.165, 1.54) is 6.08 Å². The fourth-order valence-electron chi connectivity index (χ4n) is 0.895. The normalized spacial score (nSPS) is 19.2. The lowest BCUT2D eigenvalue weighted by atomic mass is 10.1. The predicted molar refractivity (Wildman–Crippen MR) is 40.4 cm³/mol. The highest BCUT2D eigenvalue weighted by Gasteiger charge is 2.21. The Kier molecular flexibility index (Phi) is 2.76. The maximum Gasteiger partial charge on any atom is 0.266 e. The molecule has 0 aromatic rings. The van der Waals surface area contributed by atoms with Gasteiger partial charge in [0.25, 0.3) is 6.43 Å². The summed E-state index contributed by atoms with van der Waals surface area (Å²) < 4.78 is 37.0. The van der Waals surface area contributed by atoms with E-state index < -0.39 is 17.8 Å². The van der Waals surface area contributed by atoms with Crippen molar-refractivity contribution in [3.05, 3.63) is 22.0 Å². The van der Waals surface area contributed by atoms with Gasteiger partial charge in [-0.25, -0.2) is 13.2 Å². The molecule has 62 valence electrons. The lowest BCUT2D eigenvalue weighted by Crippen LogP contribution is -2.02. The number of allylic oxidation sites excluding steroid dienone is 4. The number of hydrogen-bond donors (Lipinski definition) is 0. The highest BCUT2D eigenvalue weighted by molar-refractivity contribution is 9.11. The second kappa shape index (κ2) is 3.43. The number of rotatable bonds is 1. The van der Waals surface area contributed by atoms with Crippen LogP contribution in [0.5, 0.6) is 0 Å². The van der Waals surface area contributed by atoms with Gasteiger partial charge in [0.1, 0.15) is 5.83 Å². The Bertz CT molecular complexity index is 218. The van der Waals surface area contributed by atoms with Crippen molar-refractivity contribution in [2.45, 2.75) is 19.3 Å². The Morgan fingerprint density at radius 2 is 2.09 bits per heavy atom. The summed E-state index contributed by atoms with van der Waals surface area (Å²) in [7, 11) is 0. The fourth-order valence-corrected chi connectivity index (χ4v) is 1.35. The van der Waals surface area contributed by atoms with Gasteiger partial charge in [-0.05, 0) is 12.8 Å². The molecular weight excluding hydrogens is 221 g/mol. The van der Waals surface area contributed by atoms with Crippen molar-refractivity contribution in [2.75, 3.05) is 0 Å². The first-order valence-corrected chi connectivity index (χ1v) is 3.95. The summed E-state index contributed by atoms with van der Waals surface area (Å²) >= 11 is 2.89. The van der Waals surface area contributed by atoms with Crippen LogP contribution in [0.4, 0.5) is 13.2 Å². The first-order valence-electron chi connectivity index (χ1n) is 3.15. The Hall–Kier alpha value is -0.250. The molecule has 0 saturated carbocycles. The molecule has 0 spiro atoms. The number of halogens is 4. The molecule has 0 aromatic carbocycles. The summed E-state index contributed by atoms with van der Waals surface area (Å²) in [5, 5.41) is 0. The lowest BCUT2D eigenvalue weighted by molar-refractivity contribution is 0.187. The zero-order valence-corrected chi connectivity index (χ0v) is 7.17. The van der Waals surface area contributed by atoms with E-state index in [0.29, 0.717) is 12.8 Å². The van der Waals surface area contributed by atoms with Crippen molar-refractivity contribution >= 4 is 15.9 Å². The van der Waals surface area contributed by atoms with Crippen LogP contribution in [-0.2, 0) is 0 Å². The molecule has 0 amide bonds. The molecule has 4 heteroatoms. The van der Waals surface area contributed by atoms with Gasteiger partial charge in [-0.15, -0.1) is 0 Å². The zero-order valence-electron chi connectivity index (χ0n) is 5.58. The second-order valence-corrected chi connectivity index (χ2v) is 3.17. The molecule has 1 aliphatic rings. The molecule has 0 aliphatic heterocycles. The van der Waals surface area contributed by atoms with Crippen LogP contribution in [0.2, 0.25) is 0 Å². The van der Waals surface area contributed by atoms with Crippen LogP contribution < -0.4 is 0 Å². The summed E-state index contributed by atoms with van der Waals surface area (Å²) in [6.45, 7) is 0. The molecule has 0 heterocycles. The van der Waals surface area contributed by atoms with E-state index in [1.807, 2.05) is 0 Å². The van der Waals surface area contributed by atoms with Gasteiger partial charge in [0.2, 0.25) is 0 Å². The monoisotopic (exact) mass is 226 g/mol. The van der Waals surface area contributed by atoms with Gasteiger partial charge in [0.05, 0.1) is 5.57 Å². The van der Waals surface area contributed by atoms with Gasteiger partial charge in [-0.2, -0.15) is 0 Å². The van der Waals surface area contributed by atoms with Gasteiger partial charge in [-0.1, -0.05) is 22.0 Å². The van der Waals surface area contributed by atoms with Gasteiger partial charge >= 0.3 is 0 Å². The van der Waals surface area contributed by atoms with Gasteiger partial charge in [-0.3, -0.25) is 0 Å². The smallest absolute Gasteiger partial charge is 0.206 e. The zero-order chi connectivity index (χ0) is 8.43. The van der Waals surface area contributed by atoms with Crippen LogP contribution >= 0.6 is 15.9 Å². The molecule has 0 bridgehead atoms. The number of hydrogen-bond acceptors (Lipinski definition) is 0. The maximum atomic E-state index is 12.8. The Labute approximate surface area is 70.9 Å². The van der Waals surface area contributed by atoms with Crippen molar-refractivity contribution < 1.29 is 13.2 Å². The van der Waals surface area contributed by atoms with Crippen molar-refractivity contribution in [2.24, 2.45) is 0 Å². The van der Waals surface area contributed by atoms with Crippen molar-refractivity contribution in [3.8, 4) is 0 Å². The maximum absolute atomic E-state index is 12.8. The Morgan fingerprint density at radius 3 is 2.55 bits per heavy atom. The first kappa shape index (κ1) is 8.84. The van der Waals surface area contributed by atoms with Crippen molar-refractivity contribution in [3.63, 3.8) is 0 Å². The Morgan fingerprint density at radius 1 is 1.45 bits per heavy atom. The van der Waals surface area contributed by atoms with E-state index >= 15 is 0 Å². The fraction of sp³-hybridized carbons (Fsp3) is 0.429. The first-order chi connectivity index (χ1) is 5.13. The number of alkyl halides is 2. The summed E-state index contributed by atoms with van der Waals surface area (Å²) in [6, 6.07) is 0. The van der Waals surface area contributed by atoms with E-state index in [4.69, 9.17) is 0 Å². The van der Waals surface area contributed by atoms with Crippen molar-refractivity contribution in [1.29, 1.82) is 0 Å². The minimum atomic E-state index is -2.71. The quantitative estimate of drug-likeness (QED) is 0.642. The van der Waals surface area contributed by atoms with Crippen LogP contribution in [0.3, 0.4) is 0 Å². The molecule has 0 N–H and O–H groups in total. The van der Waals surface area contributed by atoms with Crippen molar-refractivity contribution in [1.82, 2.24) is 0 Å². The molecule has 0 fully saturated rings. The summed E-state index contributed by atoms with van der Waals surface area (Å²) in [5.41, 5.74) is -0.483. The van der Waals surface area contributed by atoms with Gasteiger partial charge in [0.15, 0.2) is 0 Å². The molecule has 0 nitrogen and oxygen atoms in total. The molecule has 0 saturated heterocycles. The van der Waals surface area contributed by atoms with E-state index in [9.17, 15) is 13.2 Å². The van der Waals surface area contributed by atoms with E-state index in [1.54, 1.807) is 0 Å². The van der Waals surface area contributed by atoms with E-state index in [0.717, 1.165) is 0 Å². The van der Waals surface area contributed by atoms with E-state index in [-0.39, 0.29) is 4.48 Å². The summed E-state index contributed by atoms with van der Waals surface area (Å²) in [6.07, 6.45) is -0.511. The molecule has 0 radical (unpaired) electrons. The molecule has 0 atom stereocenters. The topological polar surface area (TPSA) is 0 Å². The van der Waals surface area contributed by atoms with Gasteiger partial charge in [0, 0.05) is 4.48 Å². The molecule has 1 rings (SSSR count). The third-order valence-corrected chi connectivity index (χ3v) is 2.20. The highest BCUT2D eigenvalue weighted by Crippen LogP contribution is 2.32. The highest BCUT2D eigenvalue weighted by atomic mass is 79.9. The third-order valence-electron chi connectivity index (χ3n) is 1.45. The average Bonchev–Trinajstić information content (AvgIpc) is 1.94. The van der Waals surface area contributed by atoms with Crippen LogP contribution in [0, 0.1) is 0 Å². The van der Waals surface area contributed by atoms with Gasteiger partial charge < -0.3 is 0 Å². The average molecular weight is 227 g/mol. The summed E-state index contributed by atoms with van der Waals surface area (Å²) in [5.74, 6) is -0.800. The lowest BCUT2D eigenvalue weighted by Gasteiger charge is -2.11. The molecule has 0 unspecified atom stereocenters. The van der Waals surface area contributed by atoms with Crippen LogP contribution in [0.25, 0.3) is 0 Å². The Balaban J connectivity index is 2.89. The van der Waals surface area contributed by atoms with Crippen LogP contribution in [-0.4, -0.2) is 6.43 Å². The minimum absolute atomic E-state index is 0.246. The SMILES string of the molecule is FC1=C(Br)CCC=C1C(F)F. The van der Waals surface area contributed by atoms with Crippen LogP contribution in [0.1, 0.15) is 12.8 Å². The molecular formula is C7H6BrF3. The standard InChI is InChI=1S/C7H6BrF3/c8-5-3-1-2-4(6(5)9)7(10)11/h2,7H,1,3H2. The largest absolute Gasteiger partial charge is 0.266 e. The van der Waals surface area contributed by atoms with E-state index in [2.05, 4.69) is 15.9 Å². The van der Waals surface area contributed by atoms with Crippen LogP contribution in [0.15, 0.2) is 22.0 Å². The second-order valence-electron chi connectivity index (χ2n) is 2.22.